The first-order valence-corrected chi connectivity index (χ1v) is 8.36. The van der Waals surface area contributed by atoms with Crippen LogP contribution < -0.4 is 5.32 Å². The monoisotopic (exact) mass is 303 g/mol. The average Bonchev–Trinajstić information content (AvgIpc) is 2.85. The highest BCUT2D eigenvalue weighted by atomic mass is 35.5. The summed E-state index contributed by atoms with van der Waals surface area (Å²) in [5.41, 5.74) is 1.20. The van der Waals surface area contributed by atoms with Gasteiger partial charge in [0.05, 0.1) is 0 Å². The molecule has 1 aliphatic rings. The van der Waals surface area contributed by atoms with Gasteiger partial charge in [-0.2, -0.15) is 11.8 Å². The van der Waals surface area contributed by atoms with Crippen molar-refractivity contribution in [3.8, 4) is 0 Å². The van der Waals surface area contributed by atoms with Crippen LogP contribution in [0, 0.1) is 5.92 Å². The van der Waals surface area contributed by atoms with Crippen molar-refractivity contribution in [3.05, 3.63) is 33.8 Å². The van der Waals surface area contributed by atoms with E-state index in [4.69, 9.17) is 23.2 Å². The molecule has 1 heterocycles. The first kappa shape index (κ1) is 14.5. The van der Waals surface area contributed by atoms with E-state index in [1.807, 2.05) is 12.1 Å². The van der Waals surface area contributed by atoms with Crippen molar-refractivity contribution in [1.29, 1.82) is 0 Å². The van der Waals surface area contributed by atoms with E-state index in [0.717, 1.165) is 23.9 Å². The molecule has 1 aromatic rings. The molecule has 1 N–H and O–H groups in total. The number of nitrogens with one attached hydrogen (secondary N) is 1. The van der Waals surface area contributed by atoms with E-state index < -0.39 is 0 Å². The largest absolute Gasteiger partial charge is 0.314 e. The highest BCUT2D eigenvalue weighted by Crippen LogP contribution is 2.29. The van der Waals surface area contributed by atoms with Gasteiger partial charge in [-0.15, -0.1) is 0 Å². The van der Waals surface area contributed by atoms with Gasteiger partial charge in [-0.1, -0.05) is 36.2 Å². The van der Waals surface area contributed by atoms with Gasteiger partial charge in [-0.05, 0) is 54.5 Å². The Morgan fingerprint density at radius 1 is 1.44 bits per heavy atom. The van der Waals surface area contributed by atoms with E-state index in [-0.39, 0.29) is 0 Å². The molecule has 0 spiro atoms. The van der Waals surface area contributed by atoms with Crippen molar-refractivity contribution >= 4 is 35.0 Å². The van der Waals surface area contributed by atoms with Crippen molar-refractivity contribution in [2.75, 3.05) is 18.1 Å². The van der Waals surface area contributed by atoms with Gasteiger partial charge in [0.25, 0.3) is 0 Å². The van der Waals surface area contributed by atoms with Crippen LogP contribution in [0.2, 0.25) is 10.0 Å². The maximum absolute atomic E-state index is 6.26. The topological polar surface area (TPSA) is 12.0 Å². The van der Waals surface area contributed by atoms with Crippen LogP contribution in [0.5, 0.6) is 0 Å². The van der Waals surface area contributed by atoms with E-state index in [0.29, 0.717) is 11.1 Å². The molecule has 0 bridgehead atoms. The van der Waals surface area contributed by atoms with Crippen molar-refractivity contribution in [2.45, 2.75) is 25.8 Å². The van der Waals surface area contributed by atoms with E-state index in [9.17, 15) is 0 Å². The van der Waals surface area contributed by atoms with Crippen LogP contribution in [0.3, 0.4) is 0 Å². The highest BCUT2D eigenvalue weighted by molar-refractivity contribution is 7.99. The zero-order chi connectivity index (χ0) is 13.0. The lowest BCUT2D eigenvalue weighted by atomic mass is 9.93. The molecule has 0 aliphatic carbocycles. The Hall–Kier alpha value is 0.110. The van der Waals surface area contributed by atoms with Crippen LogP contribution in [-0.2, 0) is 6.42 Å². The molecule has 0 aromatic heterocycles. The molecular weight excluding hydrogens is 285 g/mol. The first-order valence-electron chi connectivity index (χ1n) is 6.45. The molecule has 1 aromatic carbocycles. The summed E-state index contributed by atoms with van der Waals surface area (Å²) in [5, 5.41) is 5.11. The number of thioether (sulfide) groups is 1. The van der Waals surface area contributed by atoms with E-state index in [1.54, 1.807) is 0 Å². The van der Waals surface area contributed by atoms with E-state index in [1.165, 1.54) is 23.5 Å². The van der Waals surface area contributed by atoms with Crippen molar-refractivity contribution in [2.24, 2.45) is 5.92 Å². The Kier molecular flexibility index (Phi) is 5.68. The fourth-order valence-electron chi connectivity index (χ4n) is 2.46. The van der Waals surface area contributed by atoms with Gasteiger partial charge in [0, 0.05) is 16.1 Å². The van der Waals surface area contributed by atoms with Crippen LogP contribution in [0.15, 0.2) is 18.2 Å². The van der Waals surface area contributed by atoms with Crippen molar-refractivity contribution in [1.82, 2.24) is 5.32 Å². The Morgan fingerprint density at radius 3 is 2.89 bits per heavy atom. The lowest BCUT2D eigenvalue weighted by Gasteiger charge is -2.24. The summed E-state index contributed by atoms with van der Waals surface area (Å²) in [6, 6.07) is 6.35. The Labute approximate surface area is 124 Å². The predicted octanol–water partition coefficient (Wildman–Crippen LogP) is 4.27. The van der Waals surface area contributed by atoms with Crippen LogP contribution in [-0.4, -0.2) is 24.1 Å². The number of hydrogen-bond acceptors (Lipinski definition) is 2. The second-order valence-electron chi connectivity index (χ2n) is 4.73. The SMILES string of the molecule is CCNC(Cc1ccc(Cl)cc1Cl)C1CCSC1. The van der Waals surface area contributed by atoms with E-state index >= 15 is 0 Å². The number of halogens is 2. The van der Waals surface area contributed by atoms with Crippen LogP contribution in [0.25, 0.3) is 0 Å². The van der Waals surface area contributed by atoms with Gasteiger partial charge in [-0.3, -0.25) is 0 Å². The second kappa shape index (κ2) is 7.04. The van der Waals surface area contributed by atoms with Gasteiger partial charge >= 0.3 is 0 Å². The zero-order valence-corrected chi connectivity index (χ0v) is 12.9. The molecule has 100 valence electrons. The van der Waals surface area contributed by atoms with Crippen molar-refractivity contribution in [3.63, 3.8) is 0 Å². The Morgan fingerprint density at radius 2 is 2.28 bits per heavy atom. The molecule has 0 saturated carbocycles. The third-order valence-electron chi connectivity index (χ3n) is 3.46. The van der Waals surface area contributed by atoms with E-state index in [2.05, 4.69) is 30.1 Å². The normalized spacial score (nSPS) is 21.2. The molecule has 1 aliphatic heterocycles. The molecule has 1 nitrogen and oxygen atoms in total. The minimum absolute atomic E-state index is 0.531. The minimum Gasteiger partial charge on any atom is -0.314 e. The fraction of sp³-hybridized carbons (Fsp3) is 0.571. The zero-order valence-electron chi connectivity index (χ0n) is 10.6. The van der Waals surface area contributed by atoms with Gasteiger partial charge in [-0.25, -0.2) is 0 Å². The standard InChI is InChI=1S/C14H19Cl2NS/c1-2-17-14(11-5-6-18-9-11)7-10-3-4-12(15)8-13(10)16/h3-4,8,11,14,17H,2,5-7,9H2,1H3. The predicted molar refractivity (Wildman–Crippen MR) is 83.1 cm³/mol. The molecule has 0 radical (unpaired) electrons. The molecule has 0 amide bonds. The molecule has 2 rings (SSSR count). The molecule has 1 saturated heterocycles. The summed E-state index contributed by atoms with van der Waals surface area (Å²) in [7, 11) is 0. The summed E-state index contributed by atoms with van der Waals surface area (Å²) in [4.78, 5) is 0. The smallest absolute Gasteiger partial charge is 0.0453 e. The van der Waals surface area contributed by atoms with Crippen LogP contribution >= 0.6 is 35.0 Å². The Bertz CT molecular complexity index is 391. The molecule has 2 atom stereocenters. The molecule has 2 unspecified atom stereocenters. The molecule has 1 fully saturated rings. The molecule has 4 heteroatoms. The number of hydrogen-bond donors (Lipinski definition) is 1. The van der Waals surface area contributed by atoms with Gasteiger partial charge < -0.3 is 5.32 Å². The maximum atomic E-state index is 6.26. The number of likely N-dealkylation sites (N-methyl/N-ethyl adjacent to an activating group) is 1. The third-order valence-corrected chi connectivity index (χ3v) is 5.23. The van der Waals surface area contributed by atoms with Gasteiger partial charge in [0.1, 0.15) is 0 Å². The quantitative estimate of drug-likeness (QED) is 0.872. The summed E-state index contributed by atoms with van der Waals surface area (Å²) >= 11 is 14.3. The van der Waals surface area contributed by atoms with Gasteiger partial charge in [0.15, 0.2) is 0 Å². The first-order chi connectivity index (χ1) is 8.70. The maximum Gasteiger partial charge on any atom is 0.0453 e. The molecule has 18 heavy (non-hydrogen) atoms. The number of rotatable bonds is 5. The minimum atomic E-state index is 0.531. The van der Waals surface area contributed by atoms with Crippen LogP contribution in [0.1, 0.15) is 18.9 Å². The van der Waals surface area contributed by atoms with Crippen LogP contribution in [0.4, 0.5) is 0 Å². The average molecular weight is 304 g/mol. The lowest BCUT2D eigenvalue weighted by molar-refractivity contribution is 0.387. The fourth-order valence-corrected chi connectivity index (χ4v) is 4.29. The van der Waals surface area contributed by atoms with Gasteiger partial charge in [0.2, 0.25) is 0 Å². The third kappa shape index (κ3) is 3.80. The second-order valence-corrected chi connectivity index (χ2v) is 6.72. The van der Waals surface area contributed by atoms with Crippen molar-refractivity contribution < 1.29 is 0 Å². The summed E-state index contributed by atoms with van der Waals surface area (Å²) in [5.74, 6) is 3.32. The highest BCUT2D eigenvalue weighted by Gasteiger charge is 2.25. The summed E-state index contributed by atoms with van der Waals surface area (Å²) < 4.78 is 0. The summed E-state index contributed by atoms with van der Waals surface area (Å²) in [6.07, 6.45) is 2.31. The Balaban J connectivity index is 2.07. The number of benzene rings is 1. The molecular formula is C14H19Cl2NS. The summed E-state index contributed by atoms with van der Waals surface area (Å²) in [6.45, 7) is 3.18. The lowest BCUT2D eigenvalue weighted by Crippen LogP contribution is -2.38.